The maximum absolute atomic E-state index is 13.0. The molecule has 0 saturated heterocycles. The molecular formula is C22H18N4O3S. The molecule has 4 rings (SSSR count). The number of ketones is 1. The Hall–Kier alpha value is -3.78. The molecule has 4 aromatic rings. The number of aryl methyl sites for hydroxylation is 1. The molecule has 1 N–H and O–H groups in total. The Labute approximate surface area is 174 Å². The molecule has 3 aromatic carbocycles. The van der Waals surface area contributed by atoms with E-state index in [1.165, 1.54) is 16.8 Å². The molecular weight excluding hydrogens is 400 g/mol. The van der Waals surface area contributed by atoms with Gasteiger partial charge in [-0.1, -0.05) is 71.4 Å². The summed E-state index contributed by atoms with van der Waals surface area (Å²) in [4.78, 5) is 13.1. The molecule has 0 radical (unpaired) electrons. The van der Waals surface area contributed by atoms with Crippen LogP contribution in [0.25, 0.3) is 5.69 Å². The summed E-state index contributed by atoms with van der Waals surface area (Å²) < 4.78 is 29.8. The lowest BCUT2D eigenvalue weighted by Crippen LogP contribution is -2.18. The number of carbonyl (C=O) groups is 1. The van der Waals surface area contributed by atoms with E-state index in [1.54, 1.807) is 66.7 Å². The highest BCUT2D eigenvalue weighted by Crippen LogP contribution is 2.24. The predicted molar refractivity (Wildman–Crippen MR) is 113 cm³/mol. The monoisotopic (exact) mass is 418 g/mol. The Kier molecular flexibility index (Phi) is 5.16. The van der Waals surface area contributed by atoms with E-state index >= 15 is 0 Å². The Balaban J connectivity index is 1.82. The lowest BCUT2D eigenvalue weighted by molar-refractivity contribution is 0.103. The van der Waals surface area contributed by atoms with E-state index in [0.29, 0.717) is 11.3 Å². The average molecular weight is 418 g/mol. The zero-order valence-corrected chi connectivity index (χ0v) is 16.9. The Morgan fingerprint density at radius 3 is 2.10 bits per heavy atom. The van der Waals surface area contributed by atoms with Crippen LogP contribution in [0.1, 0.15) is 21.6 Å². The van der Waals surface area contributed by atoms with Gasteiger partial charge < -0.3 is 0 Å². The summed E-state index contributed by atoms with van der Waals surface area (Å²) in [7, 11) is -3.97. The maximum Gasteiger partial charge on any atom is 0.263 e. The molecule has 0 aliphatic carbocycles. The van der Waals surface area contributed by atoms with Crippen LogP contribution in [-0.4, -0.2) is 29.2 Å². The minimum atomic E-state index is -3.97. The van der Waals surface area contributed by atoms with Gasteiger partial charge in [0.25, 0.3) is 10.0 Å². The molecule has 0 saturated carbocycles. The third-order valence-corrected chi connectivity index (χ3v) is 5.84. The average Bonchev–Trinajstić information content (AvgIpc) is 3.17. The van der Waals surface area contributed by atoms with Gasteiger partial charge in [-0.25, -0.2) is 8.42 Å². The number of rotatable bonds is 6. The maximum atomic E-state index is 13.0. The van der Waals surface area contributed by atoms with Crippen molar-refractivity contribution < 1.29 is 13.2 Å². The summed E-state index contributed by atoms with van der Waals surface area (Å²) in [5.41, 5.74) is 1.80. The molecule has 150 valence electrons. The molecule has 0 atom stereocenters. The lowest BCUT2D eigenvalue weighted by atomic mass is 10.1. The number of benzene rings is 3. The summed E-state index contributed by atoms with van der Waals surface area (Å²) in [6.07, 6.45) is 0. The normalized spacial score (nSPS) is 11.2. The highest BCUT2D eigenvalue weighted by atomic mass is 32.2. The van der Waals surface area contributed by atoms with Crippen molar-refractivity contribution in [2.45, 2.75) is 11.8 Å². The number of hydrogen-bond acceptors (Lipinski definition) is 5. The minimum Gasteiger partial charge on any atom is -0.287 e. The van der Waals surface area contributed by atoms with Crippen LogP contribution in [0.5, 0.6) is 0 Å². The number of sulfonamides is 1. The van der Waals surface area contributed by atoms with Crippen LogP contribution in [0.15, 0.2) is 89.8 Å². The number of carbonyl (C=O) groups excluding carboxylic acids is 1. The van der Waals surface area contributed by atoms with Crippen molar-refractivity contribution in [2.24, 2.45) is 0 Å². The Morgan fingerprint density at radius 1 is 0.867 bits per heavy atom. The first-order valence-corrected chi connectivity index (χ1v) is 10.6. The van der Waals surface area contributed by atoms with Gasteiger partial charge in [0.05, 0.1) is 10.6 Å². The molecule has 0 bridgehead atoms. The second-order valence-corrected chi connectivity index (χ2v) is 8.33. The summed E-state index contributed by atoms with van der Waals surface area (Å²) in [6.45, 7) is 1.87. The van der Waals surface area contributed by atoms with Gasteiger partial charge in [0.1, 0.15) is 0 Å². The number of hydrogen-bond donors (Lipinski definition) is 1. The standard InChI is InChI=1S/C22H18N4O3S/c1-16-12-14-19(15-13-16)30(28,29)24-22-20(21(27)17-8-4-2-5-9-17)23-25-26(22)18-10-6-3-7-11-18/h2-15,24H,1H3. The van der Waals surface area contributed by atoms with Gasteiger partial charge in [0, 0.05) is 5.56 Å². The van der Waals surface area contributed by atoms with Gasteiger partial charge in [-0.3, -0.25) is 9.52 Å². The van der Waals surface area contributed by atoms with Crippen LogP contribution < -0.4 is 4.72 Å². The van der Waals surface area contributed by atoms with Gasteiger partial charge in [0.2, 0.25) is 5.78 Å². The smallest absolute Gasteiger partial charge is 0.263 e. The number of para-hydroxylation sites is 1. The molecule has 0 amide bonds. The van der Waals surface area contributed by atoms with Gasteiger partial charge in [-0.15, -0.1) is 5.10 Å². The molecule has 30 heavy (non-hydrogen) atoms. The van der Waals surface area contributed by atoms with Crippen molar-refractivity contribution in [2.75, 3.05) is 4.72 Å². The fourth-order valence-corrected chi connectivity index (χ4v) is 3.96. The van der Waals surface area contributed by atoms with Crippen molar-refractivity contribution >= 4 is 21.6 Å². The van der Waals surface area contributed by atoms with E-state index in [0.717, 1.165) is 5.56 Å². The molecule has 0 spiro atoms. The molecule has 0 aliphatic heterocycles. The van der Waals surface area contributed by atoms with Crippen LogP contribution in [0.4, 0.5) is 5.82 Å². The predicted octanol–water partition coefficient (Wildman–Crippen LogP) is 3.61. The zero-order chi connectivity index (χ0) is 21.1. The molecule has 7 nitrogen and oxygen atoms in total. The van der Waals surface area contributed by atoms with Gasteiger partial charge in [-0.2, -0.15) is 4.68 Å². The SMILES string of the molecule is Cc1ccc(S(=O)(=O)Nc2c(C(=O)c3ccccc3)nnn2-c2ccccc2)cc1. The van der Waals surface area contributed by atoms with Crippen molar-refractivity contribution in [3.8, 4) is 5.69 Å². The van der Waals surface area contributed by atoms with Crippen LogP contribution in [0, 0.1) is 6.92 Å². The molecule has 8 heteroatoms. The lowest BCUT2D eigenvalue weighted by Gasteiger charge is -2.11. The topological polar surface area (TPSA) is 93.9 Å². The van der Waals surface area contributed by atoms with E-state index in [9.17, 15) is 13.2 Å². The third kappa shape index (κ3) is 3.85. The summed E-state index contributed by atoms with van der Waals surface area (Å²) in [6, 6.07) is 23.8. The molecule has 0 aliphatic rings. The number of aromatic nitrogens is 3. The highest BCUT2D eigenvalue weighted by molar-refractivity contribution is 7.92. The summed E-state index contributed by atoms with van der Waals surface area (Å²) >= 11 is 0. The minimum absolute atomic E-state index is 0.0179. The van der Waals surface area contributed by atoms with Crippen LogP contribution in [0.2, 0.25) is 0 Å². The second-order valence-electron chi connectivity index (χ2n) is 6.65. The highest BCUT2D eigenvalue weighted by Gasteiger charge is 2.26. The van der Waals surface area contributed by atoms with Crippen LogP contribution in [-0.2, 0) is 10.0 Å². The van der Waals surface area contributed by atoms with Crippen LogP contribution >= 0.6 is 0 Å². The first kappa shape index (κ1) is 19.5. The fourth-order valence-electron chi connectivity index (χ4n) is 2.91. The molecule has 0 unspecified atom stereocenters. The molecule has 1 aromatic heterocycles. The van der Waals surface area contributed by atoms with E-state index in [4.69, 9.17) is 0 Å². The van der Waals surface area contributed by atoms with E-state index in [-0.39, 0.29) is 16.4 Å². The summed E-state index contributed by atoms with van der Waals surface area (Å²) in [5, 5.41) is 8.04. The van der Waals surface area contributed by atoms with Crippen molar-refractivity contribution in [1.82, 2.24) is 15.0 Å². The third-order valence-electron chi connectivity index (χ3n) is 4.48. The van der Waals surface area contributed by atoms with Crippen molar-refractivity contribution in [1.29, 1.82) is 0 Å². The fraction of sp³-hybridized carbons (Fsp3) is 0.0455. The van der Waals surface area contributed by atoms with Crippen LogP contribution in [0.3, 0.4) is 0 Å². The number of nitrogens with zero attached hydrogens (tertiary/aromatic N) is 3. The number of nitrogens with one attached hydrogen (secondary N) is 1. The van der Waals surface area contributed by atoms with Gasteiger partial charge in [0.15, 0.2) is 11.5 Å². The van der Waals surface area contributed by atoms with E-state index in [2.05, 4.69) is 15.0 Å². The largest absolute Gasteiger partial charge is 0.287 e. The van der Waals surface area contributed by atoms with Crippen molar-refractivity contribution in [3.05, 3.63) is 102 Å². The first-order chi connectivity index (χ1) is 14.5. The van der Waals surface area contributed by atoms with Gasteiger partial charge >= 0.3 is 0 Å². The summed E-state index contributed by atoms with van der Waals surface area (Å²) in [5.74, 6) is -0.449. The Morgan fingerprint density at radius 2 is 1.47 bits per heavy atom. The van der Waals surface area contributed by atoms with E-state index < -0.39 is 15.8 Å². The zero-order valence-electron chi connectivity index (χ0n) is 16.1. The quantitative estimate of drug-likeness (QED) is 0.483. The Bertz CT molecular complexity index is 1280. The second kappa shape index (κ2) is 7.92. The van der Waals surface area contributed by atoms with Gasteiger partial charge in [-0.05, 0) is 31.2 Å². The molecule has 0 fully saturated rings. The first-order valence-electron chi connectivity index (χ1n) is 9.16. The van der Waals surface area contributed by atoms with E-state index in [1.807, 2.05) is 13.0 Å². The van der Waals surface area contributed by atoms with Crippen molar-refractivity contribution in [3.63, 3.8) is 0 Å². The number of anilines is 1. The molecule has 1 heterocycles.